The van der Waals surface area contributed by atoms with Crippen molar-refractivity contribution in [3.8, 4) is 0 Å². The molecule has 0 saturated carbocycles. The Hall–Kier alpha value is -2.38. The van der Waals surface area contributed by atoms with Crippen LogP contribution in [-0.4, -0.2) is 27.8 Å². The molecule has 144 valence electrons. The number of allylic oxidation sites excluding steroid dienone is 1. The van der Waals surface area contributed by atoms with Crippen molar-refractivity contribution in [3.05, 3.63) is 63.8 Å². The number of thiophene rings is 1. The minimum atomic E-state index is -0.0764. The number of thioether (sulfide) groups is 1. The molecule has 2 aromatic heterocycles. The molecule has 7 heteroatoms. The number of amides is 1. The largest absolute Gasteiger partial charge is 0.311 e. The molecule has 0 N–H and O–H groups in total. The first-order valence-electron chi connectivity index (χ1n) is 9.21. The number of fused-ring (bicyclic) bond motifs is 2. The van der Waals surface area contributed by atoms with Gasteiger partial charge in [-0.25, -0.2) is 4.98 Å². The van der Waals surface area contributed by atoms with Crippen molar-refractivity contribution in [2.45, 2.75) is 31.5 Å². The van der Waals surface area contributed by atoms with Crippen LogP contribution in [0.3, 0.4) is 0 Å². The predicted molar refractivity (Wildman–Crippen MR) is 117 cm³/mol. The fourth-order valence-corrected chi connectivity index (χ4v) is 5.32. The molecule has 1 aliphatic rings. The van der Waals surface area contributed by atoms with E-state index in [1.165, 1.54) is 28.7 Å². The van der Waals surface area contributed by atoms with Crippen LogP contribution in [0.15, 0.2) is 52.9 Å². The lowest BCUT2D eigenvalue weighted by molar-refractivity contribution is -0.116. The number of hydrogen-bond acceptors (Lipinski definition) is 5. The standard InChI is InChI=1S/C21H21N3O2S2/c1-3-10-24-20(26)16-12-14(2)28-19(16)22-21(24)27-13-18(25)23-11-6-8-15-7-4-5-9-17(15)23/h3-5,7,9,12H,1,6,8,10-11,13H2,2H3. The summed E-state index contributed by atoms with van der Waals surface area (Å²) < 4.78 is 1.60. The molecule has 5 nitrogen and oxygen atoms in total. The molecule has 0 radical (unpaired) electrons. The zero-order chi connectivity index (χ0) is 19.7. The number of anilines is 1. The average Bonchev–Trinajstić information content (AvgIpc) is 3.08. The van der Waals surface area contributed by atoms with E-state index in [1.807, 2.05) is 36.1 Å². The zero-order valence-corrected chi connectivity index (χ0v) is 17.3. The maximum absolute atomic E-state index is 12.9. The number of hydrogen-bond donors (Lipinski definition) is 0. The SMILES string of the molecule is C=CCn1c(SCC(=O)N2CCCc3ccccc32)nc2sc(C)cc2c1=O. The second-order valence-corrected chi connectivity index (χ2v) is 8.92. The molecular formula is C21H21N3O2S2. The predicted octanol–water partition coefficient (Wildman–Crippen LogP) is 4.02. The van der Waals surface area contributed by atoms with Crippen molar-refractivity contribution in [2.24, 2.45) is 0 Å². The number of benzene rings is 1. The van der Waals surface area contributed by atoms with Gasteiger partial charge in [-0.3, -0.25) is 14.2 Å². The van der Waals surface area contributed by atoms with E-state index in [9.17, 15) is 9.59 Å². The Labute approximate surface area is 171 Å². The van der Waals surface area contributed by atoms with E-state index >= 15 is 0 Å². The van der Waals surface area contributed by atoms with Gasteiger partial charge in [-0.05, 0) is 37.5 Å². The molecule has 1 aromatic carbocycles. The summed E-state index contributed by atoms with van der Waals surface area (Å²) in [5.41, 5.74) is 2.14. The first-order valence-corrected chi connectivity index (χ1v) is 11.0. The van der Waals surface area contributed by atoms with Crippen LogP contribution in [0.4, 0.5) is 5.69 Å². The van der Waals surface area contributed by atoms with Gasteiger partial charge in [0.15, 0.2) is 5.16 Å². The van der Waals surface area contributed by atoms with Crippen LogP contribution in [0.2, 0.25) is 0 Å². The lowest BCUT2D eigenvalue weighted by Crippen LogP contribution is -2.36. The summed E-state index contributed by atoms with van der Waals surface area (Å²) >= 11 is 2.82. The summed E-state index contributed by atoms with van der Waals surface area (Å²) in [6, 6.07) is 9.94. The minimum Gasteiger partial charge on any atom is -0.311 e. The summed E-state index contributed by atoms with van der Waals surface area (Å²) in [4.78, 5) is 34.1. The van der Waals surface area contributed by atoms with Gasteiger partial charge >= 0.3 is 0 Å². The number of rotatable bonds is 5. The summed E-state index contributed by atoms with van der Waals surface area (Å²) in [5.74, 6) is 0.285. The Morgan fingerprint density at radius 3 is 3.04 bits per heavy atom. The molecule has 0 saturated heterocycles. The van der Waals surface area contributed by atoms with Crippen LogP contribution < -0.4 is 10.5 Å². The fraction of sp³-hybridized carbons (Fsp3) is 0.286. The normalized spacial score (nSPS) is 13.5. The van der Waals surface area contributed by atoms with Gasteiger partial charge in [-0.2, -0.15) is 0 Å². The van der Waals surface area contributed by atoms with E-state index in [-0.39, 0.29) is 17.2 Å². The minimum absolute atomic E-state index is 0.0407. The lowest BCUT2D eigenvalue weighted by Gasteiger charge is -2.29. The molecule has 0 aliphatic carbocycles. The van der Waals surface area contributed by atoms with Gasteiger partial charge in [0.1, 0.15) is 4.83 Å². The van der Waals surface area contributed by atoms with Crippen molar-refractivity contribution in [1.29, 1.82) is 0 Å². The fourth-order valence-electron chi connectivity index (χ4n) is 3.51. The van der Waals surface area contributed by atoms with Crippen LogP contribution in [-0.2, 0) is 17.8 Å². The number of carbonyl (C=O) groups is 1. The van der Waals surface area contributed by atoms with Crippen LogP contribution in [0.5, 0.6) is 0 Å². The van der Waals surface area contributed by atoms with E-state index in [2.05, 4.69) is 17.6 Å². The van der Waals surface area contributed by atoms with E-state index in [4.69, 9.17) is 0 Å². The highest BCUT2D eigenvalue weighted by atomic mass is 32.2. The van der Waals surface area contributed by atoms with Crippen molar-refractivity contribution in [3.63, 3.8) is 0 Å². The summed E-state index contributed by atoms with van der Waals surface area (Å²) in [7, 11) is 0. The second-order valence-electron chi connectivity index (χ2n) is 6.74. The third-order valence-corrected chi connectivity index (χ3v) is 6.69. The van der Waals surface area contributed by atoms with Gasteiger partial charge in [0.05, 0.1) is 11.1 Å². The molecule has 0 atom stereocenters. The van der Waals surface area contributed by atoms with Gasteiger partial charge in [0, 0.05) is 23.7 Å². The quantitative estimate of drug-likeness (QED) is 0.361. The molecule has 0 spiro atoms. The number of nitrogens with zero attached hydrogens (tertiary/aromatic N) is 3. The van der Waals surface area contributed by atoms with Gasteiger partial charge in [-0.15, -0.1) is 17.9 Å². The highest BCUT2D eigenvalue weighted by Crippen LogP contribution is 2.29. The maximum atomic E-state index is 12.9. The number of aryl methyl sites for hydroxylation is 2. The first kappa shape index (κ1) is 19.0. The van der Waals surface area contributed by atoms with Crippen molar-refractivity contribution >= 4 is 44.9 Å². The van der Waals surface area contributed by atoms with Crippen molar-refractivity contribution in [2.75, 3.05) is 17.2 Å². The number of aromatic nitrogens is 2. The van der Waals surface area contributed by atoms with Gasteiger partial charge < -0.3 is 4.90 Å². The Kier molecular flexibility index (Phi) is 5.37. The summed E-state index contributed by atoms with van der Waals surface area (Å²) in [6.45, 7) is 6.82. The smallest absolute Gasteiger partial charge is 0.263 e. The molecular weight excluding hydrogens is 390 g/mol. The van der Waals surface area contributed by atoms with Crippen LogP contribution in [0, 0.1) is 6.92 Å². The average molecular weight is 412 g/mol. The van der Waals surface area contributed by atoms with E-state index in [1.54, 1.807) is 10.6 Å². The highest BCUT2D eigenvalue weighted by Gasteiger charge is 2.23. The van der Waals surface area contributed by atoms with E-state index < -0.39 is 0 Å². The van der Waals surface area contributed by atoms with Crippen LogP contribution in [0.25, 0.3) is 10.2 Å². The topological polar surface area (TPSA) is 55.2 Å². The molecule has 28 heavy (non-hydrogen) atoms. The number of para-hydroxylation sites is 1. The molecule has 3 aromatic rings. The van der Waals surface area contributed by atoms with Crippen molar-refractivity contribution in [1.82, 2.24) is 9.55 Å². The van der Waals surface area contributed by atoms with Crippen LogP contribution in [0.1, 0.15) is 16.9 Å². The van der Waals surface area contributed by atoms with Crippen molar-refractivity contribution < 1.29 is 4.79 Å². The molecule has 0 unspecified atom stereocenters. The Morgan fingerprint density at radius 2 is 2.21 bits per heavy atom. The molecule has 4 rings (SSSR count). The molecule has 0 bridgehead atoms. The second kappa shape index (κ2) is 7.93. The van der Waals surface area contributed by atoms with Gasteiger partial charge in [-0.1, -0.05) is 36.0 Å². The first-order chi connectivity index (χ1) is 13.6. The van der Waals surface area contributed by atoms with Gasteiger partial charge in [0.2, 0.25) is 5.91 Å². The third-order valence-electron chi connectivity index (χ3n) is 4.79. The van der Waals surface area contributed by atoms with E-state index in [0.29, 0.717) is 17.1 Å². The van der Waals surface area contributed by atoms with Gasteiger partial charge in [0.25, 0.3) is 5.56 Å². The Balaban J connectivity index is 1.60. The molecule has 0 fully saturated rings. The third kappa shape index (κ3) is 3.52. The number of carbonyl (C=O) groups excluding carboxylic acids is 1. The van der Waals surface area contributed by atoms with E-state index in [0.717, 1.165) is 34.8 Å². The van der Waals surface area contributed by atoms with Crippen LogP contribution >= 0.6 is 23.1 Å². The summed E-state index contributed by atoms with van der Waals surface area (Å²) in [5, 5.41) is 1.20. The Bertz CT molecular complexity index is 1120. The Morgan fingerprint density at radius 1 is 1.39 bits per heavy atom. The highest BCUT2D eigenvalue weighted by molar-refractivity contribution is 7.99. The monoisotopic (exact) mass is 411 g/mol. The molecule has 1 amide bonds. The summed E-state index contributed by atoms with van der Waals surface area (Å²) in [6.07, 6.45) is 3.65. The molecule has 1 aliphatic heterocycles. The molecule has 3 heterocycles. The zero-order valence-electron chi connectivity index (χ0n) is 15.7. The maximum Gasteiger partial charge on any atom is 0.263 e. The lowest BCUT2D eigenvalue weighted by atomic mass is 10.0.